The minimum Gasteiger partial charge on any atom is -0.489 e. The summed E-state index contributed by atoms with van der Waals surface area (Å²) in [5.74, 6) is 1.44. The van der Waals surface area contributed by atoms with Crippen LogP contribution in [0.5, 0.6) is 11.5 Å². The summed E-state index contributed by atoms with van der Waals surface area (Å²) in [6.07, 6.45) is 2.55. The first-order valence-corrected chi connectivity index (χ1v) is 11.0. The van der Waals surface area contributed by atoms with Crippen molar-refractivity contribution in [3.8, 4) is 11.5 Å². The molecule has 0 saturated heterocycles. The molecule has 1 N–H and O–H groups in total. The second-order valence-corrected chi connectivity index (χ2v) is 8.06. The van der Waals surface area contributed by atoms with Crippen LogP contribution in [0.4, 0.5) is 0 Å². The number of benzene rings is 3. The Morgan fingerprint density at radius 3 is 2.52 bits per heavy atom. The molecule has 3 aromatic rings. The highest BCUT2D eigenvalue weighted by molar-refractivity contribution is 5.94. The zero-order chi connectivity index (χ0) is 21.7. The molecule has 1 unspecified atom stereocenters. The van der Waals surface area contributed by atoms with E-state index in [9.17, 15) is 4.79 Å². The second kappa shape index (κ2) is 9.25. The molecule has 1 amide bonds. The number of nitrogens with one attached hydrogen (secondary N) is 1. The van der Waals surface area contributed by atoms with E-state index < -0.39 is 0 Å². The molecule has 0 aliphatic carbocycles. The van der Waals surface area contributed by atoms with Gasteiger partial charge in [-0.2, -0.15) is 0 Å². The number of carbonyl (C=O) groups is 1. The van der Waals surface area contributed by atoms with E-state index in [0.717, 1.165) is 36.1 Å². The molecule has 31 heavy (non-hydrogen) atoms. The predicted molar refractivity (Wildman–Crippen MR) is 122 cm³/mol. The summed E-state index contributed by atoms with van der Waals surface area (Å²) in [6.45, 7) is 4.75. The Bertz CT molecular complexity index is 1030. The van der Waals surface area contributed by atoms with Crippen LogP contribution < -0.4 is 14.8 Å². The Morgan fingerprint density at radius 2 is 1.74 bits per heavy atom. The molecule has 4 rings (SSSR count). The Kier molecular flexibility index (Phi) is 6.26. The fourth-order valence-corrected chi connectivity index (χ4v) is 4.14. The lowest BCUT2D eigenvalue weighted by atomic mass is 9.83. The van der Waals surface area contributed by atoms with Crippen molar-refractivity contribution in [2.75, 3.05) is 0 Å². The molecule has 0 saturated carbocycles. The first-order chi connectivity index (χ1) is 15.1. The fourth-order valence-electron chi connectivity index (χ4n) is 4.14. The van der Waals surface area contributed by atoms with Crippen LogP contribution in [0.15, 0.2) is 78.9 Å². The normalized spacial score (nSPS) is 16.6. The minimum atomic E-state index is -0.257. The van der Waals surface area contributed by atoms with E-state index in [1.165, 1.54) is 0 Å². The lowest BCUT2D eigenvalue weighted by molar-refractivity contribution is 0.0227. The smallest absolute Gasteiger partial charge is 0.251 e. The van der Waals surface area contributed by atoms with Gasteiger partial charge in [0.2, 0.25) is 0 Å². The van der Waals surface area contributed by atoms with E-state index in [1.807, 2.05) is 72.8 Å². The Balaban J connectivity index is 1.50. The van der Waals surface area contributed by atoms with E-state index in [4.69, 9.17) is 9.47 Å². The molecule has 0 aromatic heterocycles. The van der Waals surface area contributed by atoms with Gasteiger partial charge in [-0.05, 0) is 42.7 Å². The monoisotopic (exact) mass is 415 g/mol. The lowest BCUT2D eigenvalue weighted by Crippen LogP contribution is -2.44. The number of ether oxygens (including phenoxy) is 2. The van der Waals surface area contributed by atoms with Gasteiger partial charge in [0.05, 0.1) is 6.04 Å². The van der Waals surface area contributed by atoms with Gasteiger partial charge in [-0.25, -0.2) is 0 Å². The summed E-state index contributed by atoms with van der Waals surface area (Å²) < 4.78 is 12.3. The van der Waals surface area contributed by atoms with Crippen molar-refractivity contribution in [2.45, 2.75) is 51.4 Å². The fraction of sp³-hybridized carbons (Fsp3) is 0.296. The van der Waals surface area contributed by atoms with Gasteiger partial charge in [0.15, 0.2) is 0 Å². The van der Waals surface area contributed by atoms with Crippen molar-refractivity contribution in [3.05, 3.63) is 95.6 Å². The minimum absolute atomic E-state index is 0.0914. The zero-order valence-corrected chi connectivity index (χ0v) is 18.1. The van der Waals surface area contributed by atoms with Crippen molar-refractivity contribution >= 4 is 5.91 Å². The SMILES string of the molecule is CCC1(CC)CC(NC(=O)c2cccc(OCc3ccccc3)c2)c2ccccc2O1. The van der Waals surface area contributed by atoms with Crippen molar-refractivity contribution in [1.29, 1.82) is 0 Å². The van der Waals surface area contributed by atoms with Gasteiger partial charge in [-0.1, -0.05) is 68.4 Å². The summed E-state index contributed by atoms with van der Waals surface area (Å²) in [5, 5.41) is 3.24. The van der Waals surface area contributed by atoms with Gasteiger partial charge in [-0.15, -0.1) is 0 Å². The zero-order valence-electron chi connectivity index (χ0n) is 18.1. The van der Waals surface area contributed by atoms with Gasteiger partial charge in [0, 0.05) is 17.5 Å². The van der Waals surface area contributed by atoms with E-state index in [0.29, 0.717) is 17.9 Å². The van der Waals surface area contributed by atoms with Crippen LogP contribution in [0, 0.1) is 0 Å². The number of amides is 1. The third-order valence-corrected chi connectivity index (χ3v) is 6.14. The molecule has 0 spiro atoms. The van der Waals surface area contributed by atoms with Gasteiger partial charge < -0.3 is 14.8 Å². The van der Waals surface area contributed by atoms with Gasteiger partial charge in [0.1, 0.15) is 23.7 Å². The van der Waals surface area contributed by atoms with Crippen molar-refractivity contribution in [1.82, 2.24) is 5.32 Å². The van der Waals surface area contributed by atoms with Crippen LogP contribution in [-0.2, 0) is 6.61 Å². The first-order valence-electron chi connectivity index (χ1n) is 11.0. The molecular weight excluding hydrogens is 386 g/mol. The van der Waals surface area contributed by atoms with Gasteiger partial charge in [-0.3, -0.25) is 4.79 Å². The highest BCUT2D eigenvalue weighted by atomic mass is 16.5. The number of hydrogen-bond acceptors (Lipinski definition) is 3. The third-order valence-electron chi connectivity index (χ3n) is 6.14. The van der Waals surface area contributed by atoms with Crippen molar-refractivity contribution in [3.63, 3.8) is 0 Å². The van der Waals surface area contributed by atoms with Gasteiger partial charge >= 0.3 is 0 Å². The Morgan fingerprint density at radius 1 is 1.00 bits per heavy atom. The van der Waals surface area contributed by atoms with E-state index >= 15 is 0 Å². The highest BCUT2D eigenvalue weighted by Gasteiger charge is 2.39. The maximum absolute atomic E-state index is 13.1. The molecule has 1 aliphatic heterocycles. The third kappa shape index (κ3) is 4.74. The Labute approximate surface area is 184 Å². The van der Waals surface area contributed by atoms with Crippen LogP contribution in [0.3, 0.4) is 0 Å². The van der Waals surface area contributed by atoms with Crippen LogP contribution in [0.25, 0.3) is 0 Å². The molecular formula is C27H29NO3. The van der Waals surface area contributed by atoms with E-state index in [2.05, 4.69) is 19.2 Å². The number of hydrogen-bond donors (Lipinski definition) is 1. The average molecular weight is 416 g/mol. The maximum Gasteiger partial charge on any atom is 0.251 e. The summed E-state index contributed by atoms with van der Waals surface area (Å²) in [6, 6.07) is 25.3. The van der Waals surface area contributed by atoms with Crippen LogP contribution in [-0.4, -0.2) is 11.5 Å². The molecule has 4 nitrogen and oxygen atoms in total. The molecule has 0 bridgehead atoms. The standard InChI is InChI=1S/C27H29NO3/c1-3-27(4-2)18-24(23-15-8-9-16-25(23)31-27)28-26(29)21-13-10-14-22(17-21)30-19-20-11-6-5-7-12-20/h5-17,24H,3-4,18-19H2,1-2H3,(H,28,29). The van der Waals surface area contributed by atoms with Crippen LogP contribution in [0.1, 0.15) is 60.6 Å². The number of rotatable bonds is 7. The van der Waals surface area contributed by atoms with E-state index in [-0.39, 0.29) is 17.6 Å². The average Bonchev–Trinajstić information content (AvgIpc) is 2.83. The summed E-state index contributed by atoms with van der Waals surface area (Å²) >= 11 is 0. The summed E-state index contributed by atoms with van der Waals surface area (Å²) in [4.78, 5) is 13.1. The quantitative estimate of drug-likeness (QED) is 0.509. The number of para-hydroxylation sites is 1. The summed E-state index contributed by atoms with van der Waals surface area (Å²) in [5.41, 5.74) is 2.46. The molecule has 3 aromatic carbocycles. The number of carbonyl (C=O) groups excluding carboxylic acids is 1. The molecule has 160 valence electrons. The molecule has 1 heterocycles. The predicted octanol–water partition coefficient (Wildman–Crippen LogP) is 6.08. The Hall–Kier alpha value is -3.27. The first kappa shape index (κ1) is 21.0. The second-order valence-electron chi connectivity index (χ2n) is 8.06. The van der Waals surface area contributed by atoms with Crippen molar-refractivity contribution in [2.24, 2.45) is 0 Å². The molecule has 0 fully saturated rings. The highest BCUT2D eigenvalue weighted by Crippen LogP contribution is 2.42. The lowest BCUT2D eigenvalue weighted by Gasteiger charge is -2.41. The topological polar surface area (TPSA) is 47.6 Å². The van der Waals surface area contributed by atoms with Crippen LogP contribution >= 0.6 is 0 Å². The number of fused-ring (bicyclic) bond motifs is 1. The molecule has 4 heteroatoms. The molecule has 1 atom stereocenters. The maximum atomic E-state index is 13.1. The van der Waals surface area contributed by atoms with Crippen molar-refractivity contribution < 1.29 is 14.3 Å². The summed E-state index contributed by atoms with van der Waals surface area (Å²) in [7, 11) is 0. The molecule has 0 radical (unpaired) electrons. The van der Waals surface area contributed by atoms with E-state index in [1.54, 1.807) is 6.07 Å². The largest absolute Gasteiger partial charge is 0.489 e. The van der Waals surface area contributed by atoms with Gasteiger partial charge in [0.25, 0.3) is 5.91 Å². The van der Waals surface area contributed by atoms with Crippen LogP contribution in [0.2, 0.25) is 0 Å². The molecule has 1 aliphatic rings.